The van der Waals surface area contributed by atoms with Gasteiger partial charge in [0.1, 0.15) is 0 Å². The molecule has 27 heavy (non-hydrogen) atoms. The molecule has 0 aromatic heterocycles. The quantitative estimate of drug-likeness (QED) is 0.727. The molecule has 1 aromatic rings. The molecule has 1 aromatic carbocycles. The van der Waals surface area contributed by atoms with E-state index in [4.69, 9.17) is 14.2 Å². The molecular formula is C20H33N3O4. The van der Waals surface area contributed by atoms with Gasteiger partial charge in [0, 0.05) is 12.6 Å². The van der Waals surface area contributed by atoms with Gasteiger partial charge in [0.2, 0.25) is 5.75 Å². The molecule has 0 aliphatic heterocycles. The number of rotatable bonds is 8. The highest BCUT2D eigenvalue weighted by Crippen LogP contribution is 2.40. The minimum absolute atomic E-state index is 0.0317. The second-order valence-corrected chi connectivity index (χ2v) is 7.13. The summed E-state index contributed by atoms with van der Waals surface area (Å²) in [6.45, 7) is 0.476. The Morgan fingerprint density at radius 2 is 1.67 bits per heavy atom. The van der Waals surface area contributed by atoms with E-state index in [1.807, 2.05) is 26.2 Å². The van der Waals surface area contributed by atoms with Crippen molar-refractivity contribution in [3.63, 3.8) is 0 Å². The third-order valence-corrected chi connectivity index (χ3v) is 5.09. The number of benzene rings is 1. The summed E-state index contributed by atoms with van der Waals surface area (Å²) in [5.74, 6) is 1.76. The summed E-state index contributed by atoms with van der Waals surface area (Å²) < 4.78 is 16.3. The normalized spacial score (nSPS) is 15.9. The van der Waals surface area contributed by atoms with Gasteiger partial charge in [-0.15, -0.1) is 0 Å². The standard InChI is InChI=1S/C20H33N3O4/c1-23(2)16(13-21-20(24)22-15-9-7-6-8-10-15)14-11-17(25-3)19(27-5)18(12-14)26-4/h11-12,15-16H,6-10,13H2,1-5H3,(H2,21,22,24). The number of carbonyl (C=O) groups is 1. The van der Waals surface area contributed by atoms with Crippen LogP contribution in [0.3, 0.4) is 0 Å². The van der Waals surface area contributed by atoms with Crippen LogP contribution in [0.4, 0.5) is 4.79 Å². The van der Waals surface area contributed by atoms with Crippen LogP contribution in [0, 0.1) is 0 Å². The Balaban J connectivity index is 2.09. The molecule has 1 aliphatic carbocycles. The molecule has 0 heterocycles. The fraction of sp³-hybridized carbons (Fsp3) is 0.650. The number of hydrogen-bond donors (Lipinski definition) is 2. The van der Waals surface area contributed by atoms with Crippen LogP contribution in [0.1, 0.15) is 43.7 Å². The molecule has 7 heteroatoms. The molecule has 1 aliphatic rings. The third-order valence-electron chi connectivity index (χ3n) is 5.09. The zero-order valence-corrected chi connectivity index (χ0v) is 17.1. The van der Waals surface area contributed by atoms with Gasteiger partial charge >= 0.3 is 6.03 Å². The number of likely N-dealkylation sites (N-methyl/N-ethyl adjacent to an activating group) is 1. The number of carbonyl (C=O) groups excluding carboxylic acids is 1. The SMILES string of the molecule is COc1cc(C(CNC(=O)NC2CCCCC2)N(C)C)cc(OC)c1OC. The number of methoxy groups -OCH3 is 3. The zero-order chi connectivity index (χ0) is 19.8. The van der Waals surface area contributed by atoms with Crippen molar-refractivity contribution >= 4 is 6.03 Å². The second-order valence-electron chi connectivity index (χ2n) is 7.13. The number of ether oxygens (including phenoxy) is 3. The van der Waals surface area contributed by atoms with Gasteiger partial charge in [-0.2, -0.15) is 0 Å². The van der Waals surface area contributed by atoms with Gasteiger partial charge in [0.25, 0.3) is 0 Å². The Morgan fingerprint density at radius 3 is 2.15 bits per heavy atom. The molecule has 7 nitrogen and oxygen atoms in total. The molecular weight excluding hydrogens is 346 g/mol. The van der Waals surface area contributed by atoms with E-state index in [2.05, 4.69) is 15.5 Å². The van der Waals surface area contributed by atoms with Crippen molar-refractivity contribution in [1.29, 1.82) is 0 Å². The van der Waals surface area contributed by atoms with Gasteiger partial charge in [-0.3, -0.25) is 0 Å². The van der Waals surface area contributed by atoms with Crippen molar-refractivity contribution in [1.82, 2.24) is 15.5 Å². The summed E-state index contributed by atoms with van der Waals surface area (Å²) in [5.41, 5.74) is 0.979. The molecule has 1 saturated carbocycles. The van der Waals surface area contributed by atoms with Crippen LogP contribution in [-0.4, -0.2) is 58.9 Å². The maximum Gasteiger partial charge on any atom is 0.315 e. The van der Waals surface area contributed by atoms with Gasteiger partial charge in [-0.25, -0.2) is 4.79 Å². The summed E-state index contributed by atoms with van der Waals surface area (Å²) in [7, 11) is 8.74. The Kier molecular flexibility index (Phi) is 8.03. The molecule has 2 rings (SSSR count). The fourth-order valence-corrected chi connectivity index (χ4v) is 3.57. The maximum absolute atomic E-state index is 12.3. The lowest BCUT2D eigenvalue weighted by atomic mass is 9.96. The maximum atomic E-state index is 12.3. The number of nitrogens with zero attached hydrogens (tertiary/aromatic N) is 1. The van der Waals surface area contributed by atoms with Crippen molar-refractivity contribution in [2.75, 3.05) is 42.0 Å². The first-order valence-electron chi connectivity index (χ1n) is 9.50. The molecule has 0 bridgehead atoms. The van der Waals surface area contributed by atoms with Gasteiger partial charge in [0.15, 0.2) is 11.5 Å². The van der Waals surface area contributed by atoms with Gasteiger partial charge in [-0.05, 0) is 44.6 Å². The molecule has 1 unspecified atom stereocenters. The first-order chi connectivity index (χ1) is 13.0. The topological polar surface area (TPSA) is 72.1 Å². The molecule has 1 atom stereocenters. The molecule has 1 fully saturated rings. The van der Waals surface area contributed by atoms with Crippen molar-refractivity contribution in [2.24, 2.45) is 0 Å². The highest BCUT2D eigenvalue weighted by Gasteiger charge is 2.22. The van der Waals surface area contributed by atoms with E-state index in [-0.39, 0.29) is 18.1 Å². The van der Waals surface area contributed by atoms with Gasteiger partial charge < -0.3 is 29.7 Å². The second kappa shape index (κ2) is 10.3. The minimum Gasteiger partial charge on any atom is -0.493 e. The zero-order valence-electron chi connectivity index (χ0n) is 17.1. The summed E-state index contributed by atoms with van der Waals surface area (Å²) >= 11 is 0. The van der Waals surface area contributed by atoms with E-state index in [1.165, 1.54) is 19.3 Å². The molecule has 0 radical (unpaired) electrons. The first kappa shape index (κ1) is 21.2. The predicted molar refractivity (Wildman–Crippen MR) is 106 cm³/mol. The van der Waals surface area contributed by atoms with Gasteiger partial charge in [0.05, 0.1) is 27.4 Å². The molecule has 0 spiro atoms. The lowest BCUT2D eigenvalue weighted by molar-refractivity contribution is 0.225. The van der Waals surface area contributed by atoms with Crippen LogP contribution in [0.5, 0.6) is 17.2 Å². The number of hydrogen-bond acceptors (Lipinski definition) is 5. The predicted octanol–water partition coefficient (Wildman–Crippen LogP) is 2.95. The molecule has 152 valence electrons. The average Bonchev–Trinajstić information content (AvgIpc) is 2.67. The first-order valence-corrected chi connectivity index (χ1v) is 9.50. The van der Waals surface area contributed by atoms with Crippen molar-refractivity contribution < 1.29 is 19.0 Å². The van der Waals surface area contributed by atoms with Crippen molar-refractivity contribution in [2.45, 2.75) is 44.2 Å². The largest absolute Gasteiger partial charge is 0.493 e. The summed E-state index contributed by atoms with van der Waals surface area (Å²) in [6.07, 6.45) is 5.78. The lowest BCUT2D eigenvalue weighted by Crippen LogP contribution is -2.45. The Hall–Kier alpha value is -2.15. The molecule has 2 amide bonds. The van der Waals surface area contributed by atoms with Crippen LogP contribution >= 0.6 is 0 Å². The summed E-state index contributed by atoms with van der Waals surface area (Å²) in [4.78, 5) is 14.4. The smallest absolute Gasteiger partial charge is 0.315 e. The van der Waals surface area contributed by atoms with Crippen LogP contribution in [-0.2, 0) is 0 Å². The van der Waals surface area contributed by atoms with Crippen LogP contribution in [0.15, 0.2) is 12.1 Å². The number of urea groups is 1. The van der Waals surface area contributed by atoms with E-state index in [0.29, 0.717) is 23.8 Å². The number of amides is 2. The van der Waals surface area contributed by atoms with E-state index in [0.717, 1.165) is 18.4 Å². The highest BCUT2D eigenvalue weighted by molar-refractivity contribution is 5.74. The molecule has 0 saturated heterocycles. The van der Waals surface area contributed by atoms with Crippen LogP contribution in [0.2, 0.25) is 0 Å². The van der Waals surface area contributed by atoms with Gasteiger partial charge in [-0.1, -0.05) is 19.3 Å². The summed E-state index contributed by atoms with van der Waals surface area (Å²) in [5, 5.41) is 6.10. The number of nitrogens with one attached hydrogen (secondary N) is 2. The fourth-order valence-electron chi connectivity index (χ4n) is 3.57. The summed E-state index contributed by atoms with van der Waals surface area (Å²) in [6, 6.07) is 3.99. The van der Waals surface area contributed by atoms with Crippen LogP contribution in [0.25, 0.3) is 0 Å². The highest BCUT2D eigenvalue weighted by atomic mass is 16.5. The van der Waals surface area contributed by atoms with E-state index >= 15 is 0 Å². The van der Waals surface area contributed by atoms with Crippen molar-refractivity contribution in [3.8, 4) is 17.2 Å². The van der Waals surface area contributed by atoms with E-state index in [9.17, 15) is 4.79 Å². The van der Waals surface area contributed by atoms with Crippen molar-refractivity contribution in [3.05, 3.63) is 17.7 Å². The van der Waals surface area contributed by atoms with E-state index < -0.39 is 0 Å². The Morgan fingerprint density at radius 1 is 1.07 bits per heavy atom. The van der Waals surface area contributed by atoms with E-state index in [1.54, 1.807) is 21.3 Å². The Bertz CT molecular complexity index is 590. The Labute approximate surface area is 162 Å². The average molecular weight is 380 g/mol. The van der Waals surface area contributed by atoms with Crippen LogP contribution < -0.4 is 24.8 Å². The third kappa shape index (κ3) is 5.66. The minimum atomic E-state index is -0.110. The lowest BCUT2D eigenvalue weighted by Gasteiger charge is -2.28. The monoisotopic (exact) mass is 379 g/mol. The molecule has 2 N–H and O–H groups in total.